The number of fused-ring (bicyclic) bond motifs is 1. The first kappa shape index (κ1) is 35.5. The first-order valence-electron chi connectivity index (χ1n) is 16.0. The van der Waals surface area contributed by atoms with Crippen molar-refractivity contribution in [3.8, 4) is 17.2 Å². The largest absolute Gasteiger partial charge is 0.496 e. The van der Waals surface area contributed by atoms with E-state index in [-0.39, 0.29) is 43.7 Å². The standard InChI is InChI=1S/C37H43F2NO8/c1-43-33-15-24(14-26-6-3-4-7-31(26)33)21-47-34-18-40-19-35(48-23-29(42)20-41)36(34)25-8-10-30(11-9-25)46-13-5-12-45-22-27-16-28(38)17-32(39)37(27)44-2/h3-4,6-11,14-17,29,34-36,40-42H,5,12-13,18-23H2,1-2H3/t29-,34+,35-,36-/m1/s1. The third-order valence-electron chi connectivity index (χ3n) is 8.29. The SMILES string of the molecule is COc1c(F)cc(F)cc1COCCCOc1ccc([C@@H]2[C@@H](OCc3cc(OC)c4ccccc4c3)CNC[C@H]2OC[C@H](O)CO)cc1. The fraction of sp³-hybridized carbons (Fsp3) is 0.405. The van der Waals surface area contributed by atoms with Gasteiger partial charge in [0.1, 0.15) is 23.4 Å². The molecule has 0 unspecified atom stereocenters. The number of aliphatic hydroxyl groups excluding tert-OH is 2. The van der Waals surface area contributed by atoms with Crippen LogP contribution in [0, 0.1) is 11.6 Å². The third-order valence-corrected chi connectivity index (χ3v) is 8.29. The summed E-state index contributed by atoms with van der Waals surface area (Å²) in [7, 11) is 2.99. The second-order valence-corrected chi connectivity index (χ2v) is 11.7. The van der Waals surface area contributed by atoms with Crippen molar-refractivity contribution < 1.29 is 47.4 Å². The number of methoxy groups -OCH3 is 2. The van der Waals surface area contributed by atoms with E-state index in [1.165, 1.54) is 13.2 Å². The van der Waals surface area contributed by atoms with Gasteiger partial charge in [-0.1, -0.05) is 36.4 Å². The van der Waals surface area contributed by atoms with Crippen LogP contribution < -0.4 is 19.5 Å². The van der Waals surface area contributed by atoms with Crippen molar-refractivity contribution >= 4 is 10.8 Å². The number of piperidine rings is 1. The van der Waals surface area contributed by atoms with Crippen LogP contribution in [0.1, 0.15) is 29.0 Å². The Hall–Kier alpha value is -3.84. The molecule has 1 aliphatic rings. The molecule has 0 amide bonds. The molecule has 1 fully saturated rings. The molecule has 0 radical (unpaired) electrons. The Morgan fingerprint density at radius 3 is 2.40 bits per heavy atom. The van der Waals surface area contributed by atoms with E-state index in [0.29, 0.717) is 50.6 Å². The molecule has 1 aliphatic heterocycles. The maximum absolute atomic E-state index is 13.9. The molecular weight excluding hydrogens is 624 g/mol. The van der Waals surface area contributed by atoms with Crippen LogP contribution in [0.5, 0.6) is 17.2 Å². The fourth-order valence-corrected chi connectivity index (χ4v) is 5.96. The number of hydrogen-bond donors (Lipinski definition) is 3. The average Bonchev–Trinajstić information content (AvgIpc) is 3.10. The molecule has 0 saturated carbocycles. The summed E-state index contributed by atoms with van der Waals surface area (Å²) < 4.78 is 62.3. The van der Waals surface area contributed by atoms with Gasteiger partial charge >= 0.3 is 0 Å². The number of ether oxygens (including phenoxy) is 6. The number of rotatable bonds is 17. The van der Waals surface area contributed by atoms with E-state index in [1.54, 1.807) is 7.11 Å². The van der Waals surface area contributed by atoms with E-state index in [9.17, 15) is 19.0 Å². The van der Waals surface area contributed by atoms with Gasteiger partial charge in [-0.05, 0) is 46.8 Å². The highest BCUT2D eigenvalue weighted by Gasteiger charge is 2.36. The molecule has 0 bridgehead atoms. The van der Waals surface area contributed by atoms with Crippen LogP contribution in [0.2, 0.25) is 0 Å². The number of benzene rings is 4. The summed E-state index contributed by atoms with van der Waals surface area (Å²) in [5, 5.41) is 24.8. The first-order chi connectivity index (χ1) is 23.4. The summed E-state index contributed by atoms with van der Waals surface area (Å²) in [5.41, 5.74) is 2.28. The van der Waals surface area contributed by atoms with Crippen molar-refractivity contribution in [1.82, 2.24) is 5.32 Å². The molecule has 11 heteroatoms. The molecule has 1 saturated heterocycles. The van der Waals surface area contributed by atoms with E-state index in [1.807, 2.05) is 54.6 Å². The zero-order chi connectivity index (χ0) is 33.9. The molecule has 3 N–H and O–H groups in total. The minimum Gasteiger partial charge on any atom is -0.496 e. The maximum Gasteiger partial charge on any atom is 0.168 e. The van der Waals surface area contributed by atoms with Gasteiger partial charge in [-0.15, -0.1) is 0 Å². The lowest BCUT2D eigenvalue weighted by Gasteiger charge is -2.39. The summed E-state index contributed by atoms with van der Waals surface area (Å²) in [6, 6.07) is 21.9. The highest BCUT2D eigenvalue weighted by molar-refractivity contribution is 5.89. The molecule has 4 aromatic carbocycles. The van der Waals surface area contributed by atoms with Crippen LogP contribution in [0.25, 0.3) is 10.8 Å². The van der Waals surface area contributed by atoms with Crippen molar-refractivity contribution in [3.05, 3.63) is 101 Å². The van der Waals surface area contributed by atoms with Crippen LogP contribution >= 0.6 is 0 Å². The summed E-state index contributed by atoms with van der Waals surface area (Å²) in [6.07, 6.45) is -0.977. The molecule has 0 aliphatic carbocycles. The molecule has 4 atom stereocenters. The van der Waals surface area contributed by atoms with Gasteiger partial charge in [0.25, 0.3) is 0 Å². The normalized spacial score (nSPS) is 18.5. The van der Waals surface area contributed by atoms with Gasteiger partial charge < -0.3 is 44.0 Å². The van der Waals surface area contributed by atoms with Gasteiger partial charge in [0, 0.05) is 42.4 Å². The number of nitrogens with one attached hydrogen (secondary N) is 1. The molecule has 258 valence electrons. The Labute approximate surface area is 279 Å². The predicted octanol–water partition coefficient (Wildman–Crippen LogP) is 5.13. The van der Waals surface area contributed by atoms with Crippen LogP contribution in [0.3, 0.4) is 0 Å². The molecule has 48 heavy (non-hydrogen) atoms. The number of aliphatic hydroxyl groups is 2. The quantitative estimate of drug-likeness (QED) is 0.132. The van der Waals surface area contributed by atoms with Crippen LogP contribution in [0.15, 0.2) is 72.8 Å². The lowest BCUT2D eigenvalue weighted by atomic mass is 9.85. The molecule has 9 nitrogen and oxygen atoms in total. The zero-order valence-corrected chi connectivity index (χ0v) is 27.2. The summed E-state index contributed by atoms with van der Waals surface area (Å²) in [4.78, 5) is 0. The van der Waals surface area contributed by atoms with Gasteiger partial charge in [-0.25, -0.2) is 8.78 Å². The Bertz CT molecular complexity index is 1600. The Kier molecular flexibility index (Phi) is 12.9. The number of hydrogen-bond acceptors (Lipinski definition) is 9. The Morgan fingerprint density at radius 2 is 1.65 bits per heavy atom. The molecule has 1 heterocycles. The predicted molar refractivity (Wildman–Crippen MR) is 177 cm³/mol. The molecular formula is C37H43F2NO8. The van der Waals surface area contributed by atoms with E-state index in [2.05, 4.69) is 11.4 Å². The van der Waals surface area contributed by atoms with E-state index < -0.39 is 17.7 Å². The third kappa shape index (κ3) is 9.19. The molecule has 4 aromatic rings. The lowest BCUT2D eigenvalue weighted by Crippen LogP contribution is -2.51. The van der Waals surface area contributed by atoms with Gasteiger partial charge in [0.05, 0.1) is 66.1 Å². The monoisotopic (exact) mass is 667 g/mol. The summed E-state index contributed by atoms with van der Waals surface area (Å²) in [6.45, 7) is 1.85. The Morgan fingerprint density at radius 1 is 0.875 bits per heavy atom. The minimum atomic E-state index is -0.978. The second-order valence-electron chi connectivity index (χ2n) is 11.7. The number of halogens is 2. The second kappa shape index (κ2) is 17.5. The summed E-state index contributed by atoms with van der Waals surface area (Å²) in [5.74, 6) is -0.181. The van der Waals surface area contributed by atoms with Crippen molar-refractivity contribution in [2.24, 2.45) is 0 Å². The minimum absolute atomic E-state index is 0.00185. The molecule has 0 spiro atoms. The van der Waals surface area contributed by atoms with Crippen LogP contribution in [-0.2, 0) is 27.4 Å². The van der Waals surface area contributed by atoms with E-state index in [0.717, 1.165) is 33.7 Å². The van der Waals surface area contributed by atoms with E-state index >= 15 is 0 Å². The lowest BCUT2D eigenvalue weighted by molar-refractivity contribution is -0.0833. The van der Waals surface area contributed by atoms with Crippen molar-refractivity contribution in [1.29, 1.82) is 0 Å². The highest BCUT2D eigenvalue weighted by Crippen LogP contribution is 2.33. The van der Waals surface area contributed by atoms with Crippen LogP contribution in [0.4, 0.5) is 8.78 Å². The van der Waals surface area contributed by atoms with Crippen molar-refractivity contribution in [2.75, 3.05) is 53.7 Å². The van der Waals surface area contributed by atoms with Gasteiger partial charge in [-0.3, -0.25) is 0 Å². The molecule has 0 aromatic heterocycles. The smallest absolute Gasteiger partial charge is 0.168 e. The average molecular weight is 668 g/mol. The van der Waals surface area contributed by atoms with Crippen molar-refractivity contribution in [2.45, 2.75) is 43.9 Å². The van der Waals surface area contributed by atoms with Gasteiger partial charge in [0.2, 0.25) is 0 Å². The molecule has 5 rings (SSSR count). The fourth-order valence-electron chi connectivity index (χ4n) is 5.96. The Balaban J connectivity index is 1.20. The van der Waals surface area contributed by atoms with Crippen molar-refractivity contribution in [3.63, 3.8) is 0 Å². The first-order valence-corrected chi connectivity index (χ1v) is 16.0. The van der Waals surface area contributed by atoms with Gasteiger partial charge in [0.15, 0.2) is 11.6 Å². The van der Waals surface area contributed by atoms with E-state index in [4.69, 9.17) is 28.4 Å². The summed E-state index contributed by atoms with van der Waals surface area (Å²) >= 11 is 0. The van der Waals surface area contributed by atoms with Crippen LogP contribution in [-0.4, -0.2) is 82.3 Å². The highest BCUT2D eigenvalue weighted by atomic mass is 19.1. The maximum atomic E-state index is 13.9. The zero-order valence-electron chi connectivity index (χ0n) is 27.2. The topological polar surface area (TPSA) is 108 Å². The van der Waals surface area contributed by atoms with Gasteiger partial charge in [-0.2, -0.15) is 0 Å².